The van der Waals surface area contributed by atoms with Gasteiger partial charge in [0.05, 0.1) is 15.9 Å². The molecule has 3 aromatic heterocycles. The van der Waals surface area contributed by atoms with Gasteiger partial charge in [-0.3, -0.25) is 0 Å². The van der Waals surface area contributed by atoms with Crippen molar-refractivity contribution in [1.82, 2.24) is 9.97 Å². The van der Waals surface area contributed by atoms with E-state index in [9.17, 15) is 0 Å². The zero-order valence-electron chi connectivity index (χ0n) is 17.2. The van der Waals surface area contributed by atoms with Crippen molar-refractivity contribution in [3.05, 3.63) is 96.0 Å². The van der Waals surface area contributed by atoms with E-state index in [4.69, 9.17) is 26.0 Å². The van der Waals surface area contributed by atoms with Crippen LogP contribution in [-0.2, 0) is 0 Å². The molecule has 0 saturated carbocycles. The summed E-state index contributed by atoms with van der Waals surface area (Å²) in [6.07, 6.45) is 0. The molecule has 0 spiro atoms. The Morgan fingerprint density at radius 2 is 1.58 bits per heavy atom. The van der Waals surface area contributed by atoms with Crippen molar-refractivity contribution in [2.75, 3.05) is 0 Å². The van der Waals surface area contributed by atoms with E-state index in [-0.39, 0.29) is 0 Å². The average Bonchev–Trinajstić information content (AvgIpc) is 3.42. The Hall–Kier alpha value is -3.73. The van der Waals surface area contributed by atoms with Crippen LogP contribution in [0.3, 0.4) is 0 Å². The molecule has 0 unspecified atom stereocenters. The molecule has 0 saturated heterocycles. The van der Waals surface area contributed by atoms with Gasteiger partial charge in [-0.25, -0.2) is 9.97 Å². The molecule has 0 amide bonds. The van der Waals surface area contributed by atoms with E-state index in [2.05, 4.69) is 42.5 Å². The fourth-order valence-corrected chi connectivity index (χ4v) is 5.81. The summed E-state index contributed by atoms with van der Waals surface area (Å²) in [5, 5.41) is 3.76. The van der Waals surface area contributed by atoms with Gasteiger partial charge in [0.2, 0.25) is 0 Å². The standard InChI is InChI=1S/C28H15ClN2OS/c29-17-13-14-21-20(15-17)24-19(10-6-11-22(24)32-21)28-30-25(16-7-2-1-3-8-16)27-26(31-28)18-9-4-5-12-23(18)33-27/h1-15H. The predicted octanol–water partition coefficient (Wildman–Crippen LogP) is 8.73. The predicted molar refractivity (Wildman–Crippen MR) is 138 cm³/mol. The molecule has 7 rings (SSSR count). The third kappa shape index (κ3) is 2.88. The molecule has 3 heterocycles. The summed E-state index contributed by atoms with van der Waals surface area (Å²) in [5.74, 6) is 0.679. The van der Waals surface area contributed by atoms with Crippen LogP contribution in [0.5, 0.6) is 0 Å². The molecular formula is C28H15ClN2OS. The van der Waals surface area contributed by atoms with Gasteiger partial charge in [-0.05, 0) is 30.3 Å². The van der Waals surface area contributed by atoms with Gasteiger partial charge in [0, 0.05) is 37.0 Å². The summed E-state index contributed by atoms with van der Waals surface area (Å²) in [6, 6.07) is 30.4. The van der Waals surface area contributed by atoms with Gasteiger partial charge >= 0.3 is 0 Å². The van der Waals surface area contributed by atoms with E-state index >= 15 is 0 Å². The fraction of sp³-hybridized carbons (Fsp3) is 0. The number of nitrogens with zero attached hydrogens (tertiary/aromatic N) is 2. The maximum absolute atomic E-state index is 6.34. The second-order valence-electron chi connectivity index (χ2n) is 7.96. The normalized spacial score (nSPS) is 11.8. The number of hydrogen-bond donors (Lipinski definition) is 0. The smallest absolute Gasteiger partial charge is 0.161 e. The summed E-state index contributed by atoms with van der Waals surface area (Å²) in [4.78, 5) is 10.2. The first-order valence-corrected chi connectivity index (χ1v) is 11.8. The van der Waals surface area contributed by atoms with E-state index in [1.165, 1.54) is 4.70 Å². The van der Waals surface area contributed by atoms with E-state index in [0.717, 1.165) is 54.4 Å². The maximum Gasteiger partial charge on any atom is 0.161 e. The minimum atomic E-state index is 0.671. The number of benzene rings is 4. The second kappa shape index (κ2) is 7.14. The highest BCUT2D eigenvalue weighted by Gasteiger charge is 2.19. The lowest BCUT2D eigenvalue weighted by Crippen LogP contribution is -1.94. The van der Waals surface area contributed by atoms with Crippen LogP contribution in [0.15, 0.2) is 95.4 Å². The Morgan fingerprint density at radius 1 is 0.727 bits per heavy atom. The number of thiophene rings is 1. The van der Waals surface area contributed by atoms with Gasteiger partial charge in [0.25, 0.3) is 0 Å². The number of furan rings is 1. The first kappa shape index (κ1) is 18.8. The molecule has 4 aromatic carbocycles. The average molecular weight is 463 g/mol. The molecule has 0 N–H and O–H groups in total. The van der Waals surface area contributed by atoms with Crippen LogP contribution in [0.1, 0.15) is 0 Å². The minimum Gasteiger partial charge on any atom is -0.456 e. The highest BCUT2D eigenvalue weighted by molar-refractivity contribution is 7.26. The maximum atomic E-state index is 6.34. The molecular weight excluding hydrogens is 448 g/mol. The number of aromatic nitrogens is 2. The van der Waals surface area contributed by atoms with Crippen LogP contribution >= 0.6 is 22.9 Å². The van der Waals surface area contributed by atoms with Gasteiger partial charge in [0.1, 0.15) is 11.2 Å². The van der Waals surface area contributed by atoms with E-state index in [1.807, 2.05) is 48.5 Å². The van der Waals surface area contributed by atoms with Crippen molar-refractivity contribution in [2.45, 2.75) is 0 Å². The number of halogens is 1. The monoisotopic (exact) mass is 462 g/mol. The largest absolute Gasteiger partial charge is 0.456 e. The molecule has 0 atom stereocenters. The molecule has 0 radical (unpaired) electrons. The van der Waals surface area contributed by atoms with Crippen molar-refractivity contribution in [3.63, 3.8) is 0 Å². The Kier molecular flexibility index (Phi) is 4.07. The van der Waals surface area contributed by atoms with Crippen LogP contribution in [0, 0.1) is 0 Å². The van der Waals surface area contributed by atoms with Crippen LogP contribution in [0.2, 0.25) is 5.02 Å². The molecule has 33 heavy (non-hydrogen) atoms. The van der Waals surface area contributed by atoms with Crippen molar-refractivity contribution < 1.29 is 4.42 Å². The fourth-order valence-electron chi connectivity index (χ4n) is 4.49. The first-order valence-electron chi connectivity index (χ1n) is 10.6. The lowest BCUT2D eigenvalue weighted by molar-refractivity contribution is 0.669. The van der Waals surface area contributed by atoms with Crippen LogP contribution in [0.25, 0.3) is 64.9 Å². The third-order valence-electron chi connectivity index (χ3n) is 5.96. The number of hydrogen-bond acceptors (Lipinski definition) is 4. The van der Waals surface area contributed by atoms with Crippen LogP contribution in [0.4, 0.5) is 0 Å². The summed E-state index contributed by atoms with van der Waals surface area (Å²) >= 11 is 8.07. The highest BCUT2D eigenvalue weighted by atomic mass is 35.5. The molecule has 0 aliphatic carbocycles. The summed E-state index contributed by atoms with van der Waals surface area (Å²) < 4.78 is 8.41. The van der Waals surface area contributed by atoms with Gasteiger partial charge in [-0.15, -0.1) is 11.3 Å². The Bertz CT molecular complexity index is 1840. The summed E-state index contributed by atoms with van der Waals surface area (Å²) in [7, 11) is 0. The zero-order valence-corrected chi connectivity index (χ0v) is 18.8. The lowest BCUT2D eigenvalue weighted by atomic mass is 10.0. The second-order valence-corrected chi connectivity index (χ2v) is 9.45. The molecule has 3 nitrogen and oxygen atoms in total. The van der Waals surface area contributed by atoms with Crippen molar-refractivity contribution in [2.24, 2.45) is 0 Å². The Labute approximate surface area is 197 Å². The summed E-state index contributed by atoms with van der Waals surface area (Å²) in [6.45, 7) is 0. The van der Waals surface area contributed by atoms with Gasteiger partial charge in [0.15, 0.2) is 5.82 Å². The quantitative estimate of drug-likeness (QED) is 0.258. The Morgan fingerprint density at radius 3 is 2.48 bits per heavy atom. The first-order chi connectivity index (χ1) is 16.3. The SMILES string of the molecule is Clc1ccc2oc3cccc(-c4nc(-c5ccccc5)c5sc6ccccc6c5n4)c3c2c1. The van der Waals surface area contributed by atoms with Gasteiger partial charge in [-0.2, -0.15) is 0 Å². The van der Waals surface area contributed by atoms with Crippen LogP contribution in [-0.4, -0.2) is 9.97 Å². The van der Waals surface area contributed by atoms with E-state index in [1.54, 1.807) is 11.3 Å². The molecule has 0 bridgehead atoms. The highest BCUT2D eigenvalue weighted by Crippen LogP contribution is 2.41. The lowest BCUT2D eigenvalue weighted by Gasteiger charge is -2.08. The van der Waals surface area contributed by atoms with Gasteiger partial charge < -0.3 is 4.42 Å². The molecule has 0 aliphatic rings. The molecule has 5 heteroatoms. The zero-order chi connectivity index (χ0) is 21.9. The van der Waals surface area contributed by atoms with Crippen molar-refractivity contribution >= 4 is 65.2 Å². The van der Waals surface area contributed by atoms with E-state index < -0.39 is 0 Å². The number of fused-ring (bicyclic) bond motifs is 6. The van der Waals surface area contributed by atoms with Gasteiger partial charge in [-0.1, -0.05) is 72.3 Å². The van der Waals surface area contributed by atoms with Crippen molar-refractivity contribution in [1.29, 1.82) is 0 Å². The molecule has 156 valence electrons. The molecule has 7 aromatic rings. The number of rotatable bonds is 2. The Balaban J connectivity index is 1.62. The summed E-state index contributed by atoms with van der Waals surface area (Å²) in [5.41, 5.74) is 5.52. The minimum absolute atomic E-state index is 0.671. The van der Waals surface area contributed by atoms with Crippen LogP contribution < -0.4 is 0 Å². The molecule has 0 aliphatic heterocycles. The third-order valence-corrected chi connectivity index (χ3v) is 7.37. The topological polar surface area (TPSA) is 38.9 Å². The molecule has 0 fully saturated rings. The van der Waals surface area contributed by atoms with Crippen molar-refractivity contribution in [3.8, 4) is 22.6 Å². The van der Waals surface area contributed by atoms with E-state index in [0.29, 0.717) is 10.8 Å².